The zero-order valence-electron chi connectivity index (χ0n) is 7.49. The smallest absolute Gasteiger partial charge is 0.0385 e. The average molecular weight is 156 g/mol. The zero-order chi connectivity index (χ0) is 8.69. The molecule has 0 aromatic heterocycles. The minimum absolute atomic E-state index is 0.569. The lowest BCUT2D eigenvalue weighted by Gasteiger charge is -2.17. The predicted octanol–water partition coefficient (Wildman–Crippen LogP) is 1.88. The Morgan fingerprint density at radius 1 is 1.55 bits per heavy atom. The second-order valence-electron chi connectivity index (χ2n) is 3.11. The van der Waals surface area contributed by atoms with Crippen LogP contribution in [0.1, 0.15) is 13.8 Å². The molecule has 0 saturated heterocycles. The van der Waals surface area contributed by atoms with Gasteiger partial charge in [0.15, 0.2) is 0 Å². The molecule has 11 heavy (non-hydrogen) atoms. The van der Waals surface area contributed by atoms with Crippen LogP contribution >= 0.6 is 0 Å². The van der Waals surface area contributed by atoms with Crippen LogP contribution < -0.4 is 0 Å². The summed E-state index contributed by atoms with van der Waals surface area (Å²) in [6.07, 6.45) is 0. The van der Waals surface area contributed by atoms with E-state index in [-0.39, 0.29) is 0 Å². The maximum absolute atomic E-state index is 8.00. The number of hydrogen-bond donors (Lipinski definition) is 0. The molecule has 0 aromatic carbocycles. The maximum atomic E-state index is 8.00. The van der Waals surface area contributed by atoms with Crippen molar-refractivity contribution in [1.29, 1.82) is 0 Å². The molecule has 0 aliphatic rings. The maximum Gasteiger partial charge on any atom is 0.0385 e. The Bertz CT molecular complexity index is 137. The Balaban J connectivity index is 3.36. The van der Waals surface area contributed by atoms with Gasteiger partial charge in [-0.15, -0.1) is 0 Å². The van der Waals surface area contributed by atoms with Crippen LogP contribution in [0.15, 0.2) is 5.11 Å². The Morgan fingerprint density at radius 2 is 2.18 bits per heavy atom. The van der Waals surface area contributed by atoms with Gasteiger partial charge in [-0.1, -0.05) is 19.0 Å². The van der Waals surface area contributed by atoms with Crippen molar-refractivity contribution in [3.63, 3.8) is 0 Å². The van der Waals surface area contributed by atoms with E-state index in [1.807, 2.05) is 7.05 Å². The third-order valence-corrected chi connectivity index (χ3v) is 1.32. The summed E-state index contributed by atoms with van der Waals surface area (Å²) in [7, 11) is 2.03. The fourth-order valence-electron chi connectivity index (χ4n) is 0.975. The van der Waals surface area contributed by atoms with Crippen molar-refractivity contribution in [2.75, 3.05) is 26.7 Å². The van der Waals surface area contributed by atoms with E-state index in [9.17, 15) is 0 Å². The lowest BCUT2D eigenvalue weighted by Crippen LogP contribution is -2.25. The highest BCUT2D eigenvalue weighted by Gasteiger charge is 1.99. The van der Waals surface area contributed by atoms with E-state index in [4.69, 9.17) is 5.53 Å². The standard InChI is InChI=1S/C7H16N4/c1-7(2)6-11(3)5-4-9-10-8/h7H,4-6H2,1-3H3. The van der Waals surface area contributed by atoms with Gasteiger partial charge >= 0.3 is 0 Å². The van der Waals surface area contributed by atoms with Gasteiger partial charge in [-0.2, -0.15) is 0 Å². The number of azide groups is 1. The number of hydrogen-bond acceptors (Lipinski definition) is 2. The van der Waals surface area contributed by atoms with Gasteiger partial charge in [0.1, 0.15) is 0 Å². The largest absolute Gasteiger partial charge is 0.306 e. The van der Waals surface area contributed by atoms with Crippen LogP contribution in [-0.2, 0) is 0 Å². The predicted molar refractivity (Wildman–Crippen MR) is 46.3 cm³/mol. The molecule has 4 heteroatoms. The second kappa shape index (κ2) is 6.01. The molecule has 0 fully saturated rings. The molecule has 0 atom stereocenters. The average Bonchev–Trinajstić information content (AvgIpc) is 1.86. The van der Waals surface area contributed by atoms with Crippen LogP contribution in [-0.4, -0.2) is 31.6 Å². The molecule has 0 aliphatic carbocycles. The van der Waals surface area contributed by atoms with E-state index in [1.165, 1.54) is 0 Å². The monoisotopic (exact) mass is 156 g/mol. The zero-order valence-corrected chi connectivity index (χ0v) is 7.49. The van der Waals surface area contributed by atoms with Crippen LogP contribution in [0.5, 0.6) is 0 Å². The molecule has 0 amide bonds. The Morgan fingerprint density at radius 3 is 2.64 bits per heavy atom. The third-order valence-electron chi connectivity index (χ3n) is 1.32. The van der Waals surface area contributed by atoms with Crippen molar-refractivity contribution >= 4 is 0 Å². The molecule has 0 rings (SSSR count). The minimum atomic E-state index is 0.569. The first-order valence-corrected chi connectivity index (χ1v) is 3.86. The van der Waals surface area contributed by atoms with E-state index in [0.29, 0.717) is 12.5 Å². The second-order valence-corrected chi connectivity index (χ2v) is 3.11. The fraction of sp³-hybridized carbons (Fsp3) is 1.00. The van der Waals surface area contributed by atoms with Crippen LogP contribution in [0, 0.1) is 5.92 Å². The van der Waals surface area contributed by atoms with E-state index in [1.54, 1.807) is 0 Å². The van der Waals surface area contributed by atoms with Crippen molar-refractivity contribution in [3.05, 3.63) is 10.4 Å². The molecule has 0 aliphatic heterocycles. The first-order chi connectivity index (χ1) is 5.16. The highest BCUT2D eigenvalue weighted by atomic mass is 15.2. The van der Waals surface area contributed by atoms with Crippen molar-refractivity contribution in [3.8, 4) is 0 Å². The first-order valence-electron chi connectivity index (χ1n) is 3.86. The molecular formula is C7H16N4. The van der Waals surface area contributed by atoms with Gasteiger partial charge < -0.3 is 4.90 Å². The fourth-order valence-corrected chi connectivity index (χ4v) is 0.975. The van der Waals surface area contributed by atoms with Gasteiger partial charge in [0.05, 0.1) is 0 Å². The summed E-state index contributed by atoms with van der Waals surface area (Å²) in [6.45, 7) is 6.82. The number of likely N-dealkylation sites (N-methyl/N-ethyl adjacent to an activating group) is 1. The van der Waals surface area contributed by atoms with Gasteiger partial charge in [0, 0.05) is 24.5 Å². The molecule has 0 N–H and O–H groups in total. The van der Waals surface area contributed by atoms with Crippen LogP contribution in [0.4, 0.5) is 0 Å². The molecular weight excluding hydrogens is 140 g/mol. The van der Waals surface area contributed by atoms with Gasteiger partial charge in [-0.05, 0) is 18.5 Å². The van der Waals surface area contributed by atoms with Gasteiger partial charge in [-0.3, -0.25) is 0 Å². The van der Waals surface area contributed by atoms with E-state index < -0.39 is 0 Å². The van der Waals surface area contributed by atoms with Crippen LogP contribution in [0.2, 0.25) is 0 Å². The normalized spacial score (nSPS) is 10.3. The lowest BCUT2D eigenvalue weighted by atomic mass is 10.2. The summed E-state index contributed by atoms with van der Waals surface area (Å²) in [4.78, 5) is 4.85. The SMILES string of the molecule is CC(C)CN(C)CCN=[N+]=[N-]. The highest BCUT2D eigenvalue weighted by Crippen LogP contribution is 1.94. The molecule has 0 bridgehead atoms. The number of rotatable bonds is 5. The molecule has 0 spiro atoms. The summed E-state index contributed by atoms with van der Waals surface area (Å²) in [6, 6.07) is 0. The van der Waals surface area contributed by atoms with Crippen molar-refractivity contribution in [2.45, 2.75) is 13.8 Å². The highest BCUT2D eigenvalue weighted by molar-refractivity contribution is 4.56. The van der Waals surface area contributed by atoms with Gasteiger partial charge in [-0.25, -0.2) is 0 Å². The Kier molecular flexibility index (Phi) is 5.61. The van der Waals surface area contributed by atoms with Crippen molar-refractivity contribution in [1.82, 2.24) is 4.90 Å². The third kappa shape index (κ3) is 7.16. The summed E-state index contributed by atoms with van der Waals surface area (Å²) in [5.74, 6) is 0.672. The first kappa shape index (κ1) is 10.3. The van der Waals surface area contributed by atoms with E-state index in [2.05, 4.69) is 28.8 Å². The molecule has 0 aromatic rings. The van der Waals surface area contributed by atoms with Crippen LogP contribution in [0.3, 0.4) is 0 Å². The molecule has 64 valence electrons. The van der Waals surface area contributed by atoms with Gasteiger partial charge in [0.25, 0.3) is 0 Å². The Hall–Kier alpha value is -0.730. The van der Waals surface area contributed by atoms with E-state index in [0.717, 1.165) is 13.1 Å². The topological polar surface area (TPSA) is 52.0 Å². The summed E-state index contributed by atoms with van der Waals surface area (Å²) in [5.41, 5.74) is 8.00. The molecule has 4 nitrogen and oxygen atoms in total. The number of nitrogens with zero attached hydrogens (tertiary/aromatic N) is 4. The molecule has 0 saturated carbocycles. The van der Waals surface area contributed by atoms with Gasteiger partial charge in [0.2, 0.25) is 0 Å². The molecule has 0 heterocycles. The summed E-state index contributed by atoms with van der Waals surface area (Å²) in [5, 5.41) is 3.46. The molecule has 0 unspecified atom stereocenters. The summed E-state index contributed by atoms with van der Waals surface area (Å²) >= 11 is 0. The van der Waals surface area contributed by atoms with E-state index >= 15 is 0 Å². The Labute approximate surface area is 67.8 Å². The van der Waals surface area contributed by atoms with Crippen molar-refractivity contribution in [2.24, 2.45) is 11.0 Å². The minimum Gasteiger partial charge on any atom is -0.306 e. The van der Waals surface area contributed by atoms with Crippen molar-refractivity contribution < 1.29 is 0 Å². The quantitative estimate of drug-likeness (QED) is 0.340. The lowest BCUT2D eigenvalue weighted by molar-refractivity contribution is 0.303. The van der Waals surface area contributed by atoms with Crippen LogP contribution in [0.25, 0.3) is 10.4 Å². The summed E-state index contributed by atoms with van der Waals surface area (Å²) < 4.78 is 0. The molecule has 0 radical (unpaired) electrons.